The third-order valence-corrected chi connectivity index (χ3v) is 3.73. The van der Waals surface area contributed by atoms with Crippen LogP contribution in [0.5, 0.6) is 0 Å². The summed E-state index contributed by atoms with van der Waals surface area (Å²) < 4.78 is 0. The average Bonchev–Trinajstić information content (AvgIpc) is 2.50. The molecule has 2 rings (SSSR count). The Morgan fingerprint density at radius 2 is 1.83 bits per heavy atom. The van der Waals surface area contributed by atoms with Crippen LogP contribution in [-0.2, 0) is 6.54 Å². The fourth-order valence-electron chi connectivity index (χ4n) is 2.66. The Hall–Kier alpha value is -2.80. The Morgan fingerprint density at radius 3 is 2.43 bits per heavy atom. The lowest BCUT2D eigenvalue weighted by molar-refractivity contribution is 0.220. The van der Waals surface area contributed by atoms with Crippen LogP contribution >= 0.6 is 0 Å². The lowest BCUT2D eigenvalue weighted by Gasteiger charge is -2.20. The molecule has 0 aromatic heterocycles. The van der Waals surface area contributed by atoms with Crippen LogP contribution in [0.15, 0.2) is 36.4 Å². The number of hydrogen-bond donors (Lipinski definition) is 1. The Morgan fingerprint density at radius 1 is 1.17 bits per heavy atom. The Labute approximate surface area is 137 Å². The zero-order valence-electron chi connectivity index (χ0n) is 14.0. The maximum Gasteiger partial charge on any atom is 0.321 e. The van der Waals surface area contributed by atoms with Crippen molar-refractivity contribution < 1.29 is 4.79 Å². The molecule has 0 atom stereocenters. The zero-order chi connectivity index (χ0) is 17.0. The number of carbonyl (C=O) groups excluding carboxylic acids is 1. The molecule has 118 valence electrons. The van der Waals surface area contributed by atoms with Crippen molar-refractivity contribution in [2.24, 2.45) is 0 Å². The van der Waals surface area contributed by atoms with E-state index in [2.05, 4.69) is 23.5 Å². The Kier molecular flexibility index (Phi) is 5.02. The smallest absolute Gasteiger partial charge is 0.321 e. The first-order chi connectivity index (χ1) is 10.9. The second kappa shape index (κ2) is 6.97. The third kappa shape index (κ3) is 4.10. The highest BCUT2D eigenvalue weighted by Crippen LogP contribution is 2.22. The average molecular weight is 307 g/mol. The molecule has 0 fully saturated rings. The van der Waals surface area contributed by atoms with Crippen LogP contribution in [-0.4, -0.2) is 18.0 Å². The summed E-state index contributed by atoms with van der Waals surface area (Å²) in [6.07, 6.45) is 0. The van der Waals surface area contributed by atoms with E-state index in [4.69, 9.17) is 5.26 Å². The highest BCUT2D eigenvalue weighted by molar-refractivity contribution is 5.91. The summed E-state index contributed by atoms with van der Waals surface area (Å²) in [5, 5.41) is 11.9. The van der Waals surface area contributed by atoms with Crippen molar-refractivity contribution >= 4 is 11.7 Å². The van der Waals surface area contributed by atoms with E-state index in [0.29, 0.717) is 12.1 Å². The van der Waals surface area contributed by atoms with Gasteiger partial charge in [0.1, 0.15) is 0 Å². The lowest BCUT2D eigenvalue weighted by Crippen LogP contribution is -2.31. The number of carbonyl (C=O) groups is 1. The molecule has 0 aliphatic heterocycles. The van der Waals surface area contributed by atoms with E-state index in [1.165, 1.54) is 5.56 Å². The van der Waals surface area contributed by atoms with E-state index in [1.54, 1.807) is 24.1 Å². The first-order valence-electron chi connectivity index (χ1n) is 7.49. The fourth-order valence-corrected chi connectivity index (χ4v) is 2.66. The molecule has 0 aliphatic carbocycles. The molecule has 0 radical (unpaired) electrons. The van der Waals surface area contributed by atoms with Crippen LogP contribution in [0.1, 0.15) is 27.8 Å². The summed E-state index contributed by atoms with van der Waals surface area (Å²) in [4.78, 5) is 14.0. The summed E-state index contributed by atoms with van der Waals surface area (Å²) in [6, 6.07) is 13.3. The minimum atomic E-state index is -0.164. The summed E-state index contributed by atoms with van der Waals surface area (Å²) >= 11 is 0. The van der Waals surface area contributed by atoms with Crippen LogP contribution in [0.4, 0.5) is 10.5 Å². The molecule has 0 unspecified atom stereocenters. The number of nitrogens with zero attached hydrogens (tertiary/aromatic N) is 2. The molecule has 0 aliphatic rings. The van der Waals surface area contributed by atoms with Gasteiger partial charge in [-0.15, -0.1) is 0 Å². The monoisotopic (exact) mass is 307 g/mol. The topological polar surface area (TPSA) is 56.1 Å². The molecular weight excluding hydrogens is 286 g/mol. The molecule has 0 spiro atoms. The molecule has 0 heterocycles. The Balaban J connectivity index is 2.10. The standard InChI is InChI=1S/C19H21N3O/c1-13-8-14(2)18(15(3)9-13)21-19(23)22(4)12-17-7-5-6-16(10-17)11-20/h5-10H,12H2,1-4H3,(H,21,23). The molecule has 0 saturated carbocycles. The van der Waals surface area contributed by atoms with Gasteiger partial charge in [-0.05, 0) is 49.6 Å². The van der Waals surface area contributed by atoms with Gasteiger partial charge in [0.15, 0.2) is 0 Å². The van der Waals surface area contributed by atoms with Crippen molar-refractivity contribution in [3.63, 3.8) is 0 Å². The second-order valence-electron chi connectivity index (χ2n) is 5.87. The molecule has 1 N–H and O–H groups in total. The largest absolute Gasteiger partial charge is 0.323 e. The van der Waals surface area contributed by atoms with Gasteiger partial charge in [0.05, 0.1) is 11.6 Å². The lowest BCUT2D eigenvalue weighted by atomic mass is 10.1. The predicted molar refractivity (Wildman–Crippen MR) is 92.3 cm³/mol. The van der Waals surface area contributed by atoms with Crippen LogP contribution in [0, 0.1) is 32.1 Å². The molecule has 23 heavy (non-hydrogen) atoms. The van der Waals surface area contributed by atoms with E-state index in [1.807, 2.05) is 32.9 Å². The number of nitrogens with one attached hydrogen (secondary N) is 1. The minimum absolute atomic E-state index is 0.164. The van der Waals surface area contributed by atoms with Gasteiger partial charge in [-0.2, -0.15) is 5.26 Å². The van der Waals surface area contributed by atoms with Crippen molar-refractivity contribution in [1.29, 1.82) is 5.26 Å². The fraction of sp³-hybridized carbons (Fsp3) is 0.263. The van der Waals surface area contributed by atoms with E-state index < -0.39 is 0 Å². The maximum absolute atomic E-state index is 12.4. The predicted octanol–water partition coefficient (Wildman–Crippen LogP) is 4.15. The summed E-state index contributed by atoms with van der Waals surface area (Å²) in [5.41, 5.74) is 5.67. The summed E-state index contributed by atoms with van der Waals surface area (Å²) in [7, 11) is 1.74. The number of urea groups is 1. The molecule has 2 amide bonds. The van der Waals surface area contributed by atoms with E-state index >= 15 is 0 Å². The van der Waals surface area contributed by atoms with Gasteiger partial charge in [-0.1, -0.05) is 29.8 Å². The van der Waals surface area contributed by atoms with Gasteiger partial charge in [-0.3, -0.25) is 0 Å². The first kappa shape index (κ1) is 16.6. The number of rotatable bonds is 3. The summed E-state index contributed by atoms with van der Waals surface area (Å²) in [5.74, 6) is 0. The van der Waals surface area contributed by atoms with Crippen LogP contribution < -0.4 is 5.32 Å². The van der Waals surface area contributed by atoms with Gasteiger partial charge >= 0.3 is 6.03 Å². The second-order valence-corrected chi connectivity index (χ2v) is 5.87. The minimum Gasteiger partial charge on any atom is -0.323 e. The highest BCUT2D eigenvalue weighted by atomic mass is 16.2. The summed E-state index contributed by atoms with van der Waals surface area (Å²) in [6.45, 7) is 6.48. The SMILES string of the molecule is Cc1cc(C)c(NC(=O)N(C)Cc2cccc(C#N)c2)c(C)c1. The van der Waals surface area contributed by atoms with Crippen molar-refractivity contribution in [2.75, 3.05) is 12.4 Å². The molecule has 2 aromatic carbocycles. The Bertz CT molecular complexity index is 751. The quantitative estimate of drug-likeness (QED) is 0.926. The number of anilines is 1. The van der Waals surface area contributed by atoms with E-state index in [-0.39, 0.29) is 6.03 Å². The molecule has 0 saturated heterocycles. The van der Waals surface area contributed by atoms with E-state index in [9.17, 15) is 4.79 Å². The maximum atomic E-state index is 12.4. The van der Waals surface area contributed by atoms with Gasteiger partial charge in [0, 0.05) is 19.3 Å². The van der Waals surface area contributed by atoms with Crippen molar-refractivity contribution in [3.05, 3.63) is 64.2 Å². The molecule has 4 nitrogen and oxygen atoms in total. The van der Waals surface area contributed by atoms with E-state index in [0.717, 1.165) is 22.4 Å². The first-order valence-corrected chi connectivity index (χ1v) is 7.49. The number of benzene rings is 2. The molecule has 2 aromatic rings. The van der Waals surface area contributed by atoms with Gasteiger partial charge in [0.2, 0.25) is 0 Å². The van der Waals surface area contributed by atoms with Gasteiger partial charge in [0.25, 0.3) is 0 Å². The highest BCUT2D eigenvalue weighted by Gasteiger charge is 2.12. The van der Waals surface area contributed by atoms with Crippen molar-refractivity contribution in [3.8, 4) is 6.07 Å². The third-order valence-electron chi connectivity index (χ3n) is 3.73. The normalized spacial score (nSPS) is 10.0. The number of aryl methyl sites for hydroxylation is 3. The van der Waals surface area contributed by atoms with Gasteiger partial charge in [-0.25, -0.2) is 4.79 Å². The van der Waals surface area contributed by atoms with Crippen LogP contribution in [0.2, 0.25) is 0 Å². The number of hydrogen-bond acceptors (Lipinski definition) is 2. The number of amides is 2. The van der Waals surface area contributed by atoms with Crippen LogP contribution in [0.3, 0.4) is 0 Å². The van der Waals surface area contributed by atoms with Gasteiger partial charge < -0.3 is 10.2 Å². The zero-order valence-corrected chi connectivity index (χ0v) is 14.0. The van der Waals surface area contributed by atoms with Crippen molar-refractivity contribution in [1.82, 2.24) is 4.90 Å². The molecular formula is C19H21N3O. The molecule has 0 bridgehead atoms. The van der Waals surface area contributed by atoms with Crippen molar-refractivity contribution in [2.45, 2.75) is 27.3 Å². The molecule has 4 heteroatoms. The number of nitriles is 1. The van der Waals surface area contributed by atoms with Crippen LogP contribution in [0.25, 0.3) is 0 Å².